The Bertz CT molecular complexity index is 605. The largest absolute Gasteiger partial charge is 0.495 e. The average Bonchev–Trinajstić information content (AvgIpc) is 3.01. The minimum absolute atomic E-state index is 0.140. The van der Waals surface area contributed by atoms with Gasteiger partial charge in [0.25, 0.3) is 0 Å². The number of sulfonamides is 1. The molecule has 2 heterocycles. The number of nitrogens with zero attached hydrogens (tertiary/aromatic N) is 1. The minimum atomic E-state index is -3.44. The highest BCUT2D eigenvalue weighted by Crippen LogP contribution is 2.41. The molecule has 2 aliphatic heterocycles. The maximum atomic E-state index is 12.6. The molecular weight excluding hydrogens is 306 g/mol. The molecule has 2 saturated heterocycles. The van der Waals surface area contributed by atoms with Gasteiger partial charge in [0.2, 0.25) is 10.0 Å². The summed E-state index contributed by atoms with van der Waals surface area (Å²) in [5.74, 6) is 1.38. The summed E-state index contributed by atoms with van der Waals surface area (Å²) in [6.45, 7) is 0.612. The summed E-state index contributed by atoms with van der Waals surface area (Å²) in [5, 5.41) is 0.774. The fourth-order valence-electron chi connectivity index (χ4n) is 2.60. The zero-order chi connectivity index (χ0) is 13.6. The van der Waals surface area contributed by atoms with Crippen LogP contribution in [0, 0.1) is 0 Å². The lowest BCUT2D eigenvalue weighted by atomic mass is 10.3. The molecule has 0 N–H and O–H groups in total. The molecule has 0 spiro atoms. The molecule has 2 unspecified atom stereocenters. The van der Waals surface area contributed by atoms with Crippen molar-refractivity contribution in [1.29, 1.82) is 0 Å². The first kappa shape index (κ1) is 13.5. The molecule has 2 fully saturated rings. The van der Waals surface area contributed by atoms with E-state index >= 15 is 0 Å². The Balaban J connectivity index is 1.94. The van der Waals surface area contributed by atoms with Crippen molar-refractivity contribution >= 4 is 33.4 Å². The Morgan fingerprint density at radius 2 is 2.26 bits per heavy atom. The van der Waals surface area contributed by atoms with E-state index in [1.165, 1.54) is 13.2 Å². The van der Waals surface area contributed by atoms with E-state index in [4.69, 9.17) is 16.3 Å². The van der Waals surface area contributed by atoms with E-state index in [9.17, 15) is 8.42 Å². The standard InChI is InChI=1S/C12H14ClNO3S2/c1-17-12-3-2-10(5-11(12)13)19(15,16)14-6-9-4-8(14)7-18-9/h2-3,5,8-9H,4,6-7H2,1H3. The number of halogens is 1. The fourth-order valence-corrected chi connectivity index (χ4v) is 6.25. The van der Waals surface area contributed by atoms with E-state index in [1.54, 1.807) is 16.4 Å². The van der Waals surface area contributed by atoms with E-state index in [0.717, 1.165) is 12.2 Å². The highest BCUT2D eigenvalue weighted by atomic mass is 35.5. The molecule has 2 atom stereocenters. The number of thioether (sulfide) groups is 1. The molecule has 104 valence electrons. The minimum Gasteiger partial charge on any atom is -0.495 e. The van der Waals surface area contributed by atoms with Crippen molar-refractivity contribution < 1.29 is 13.2 Å². The number of benzene rings is 1. The third-order valence-corrected chi connectivity index (χ3v) is 7.18. The van der Waals surface area contributed by atoms with Crippen LogP contribution >= 0.6 is 23.4 Å². The van der Waals surface area contributed by atoms with Crippen molar-refractivity contribution in [3.8, 4) is 5.75 Å². The Morgan fingerprint density at radius 1 is 1.47 bits per heavy atom. The molecule has 19 heavy (non-hydrogen) atoms. The first-order valence-corrected chi connectivity index (χ1v) is 8.86. The van der Waals surface area contributed by atoms with Gasteiger partial charge < -0.3 is 4.74 Å². The quantitative estimate of drug-likeness (QED) is 0.857. The van der Waals surface area contributed by atoms with E-state index in [1.807, 2.05) is 11.8 Å². The van der Waals surface area contributed by atoms with Gasteiger partial charge in [-0.05, 0) is 24.6 Å². The molecule has 1 aromatic rings. The molecule has 3 rings (SSSR count). The Morgan fingerprint density at radius 3 is 2.79 bits per heavy atom. The predicted octanol–water partition coefficient (Wildman–Crippen LogP) is 2.23. The second-order valence-corrected chi connectivity index (χ2v) is 8.35. The summed E-state index contributed by atoms with van der Waals surface area (Å²) >= 11 is 7.87. The van der Waals surface area contributed by atoms with Gasteiger partial charge in [0.15, 0.2) is 0 Å². The van der Waals surface area contributed by atoms with E-state index in [2.05, 4.69) is 0 Å². The summed E-state index contributed by atoms with van der Waals surface area (Å²) in [6.07, 6.45) is 0.966. The smallest absolute Gasteiger partial charge is 0.243 e. The lowest BCUT2D eigenvalue weighted by Gasteiger charge is -2.25. The van der Waals surface area contributed by atoms with Crippen molar-refractivity contribution in [3.63, 3.8) is 0 Å². The van der Waals surface area contributed by atoms with Crippen molar-refractivity contribution in [2.45, 2.75) is 22.6 Å². The third kappa shape index (κ3) is 2.24. The van der Waals surface area contributed by atoms with Crippen LogP contribution in [-0.2, 0) is 10.0 Å². The van der Waals surface area contributed by atoms with Crippen molar-refractivity contribution in [1.82, 2.24) is 4.31 Å². The van der Waals surface area contributed by atoms with Gasteiger partial charge in [-0.15, -0.1) is 0 Å². The zero-order valence-corrected chi connectivity index (χ0v) is 12.8. The van der Waals surface area contributed by atoms with Gasteiger partial charge in [-0.25, -0.2) is 8.42 Å². The maximum Gasteiger partial charge on any atom is 0.243 e. The van der Waals surface area contributed by atoms with Gasteiger partial charge in [-0.1, -0.05) is 11.6 Å². The van der Waals surface area contributed by atoms with Crippen LogP contribution in [0.3, 0.4) is 0 Å². The highest BCUT2D eigenvalue weighted by molar-refractivity contribution is 8.00. The molecule has 2 bridgehead atoms. The number of hydrogen-bond acceptors (Lipinski definition) is 4. The number of rotatable bonds is 3. The second kappa shape index (κ2) is 4.84. The summed E-state index contributed by atoms with van der Waals surface area (Å²) in [7, 11) is -1.93. The van der Waals surface area contributed by atoms with Crippen LogP contribution < -0.4 is 4.74 Å². The maximum absolute atomic E-state index is 12.6. The van der Waals surface area contributed by atoms with Gasteiger partial charge in [-0.3, -0.25) is 0 Å². The van der Waals surface area contributed by atoms with Gasteiger partial charge in [0.1, 0.15) is 5.75 Å². The normalized spacial score (nSPS) is 26.8. The molecule has 4 nitrogen and oxygen atoms in total. The van der Waals surface area contributed by atoms with Gasteiger partial charge >= 0.3 is 0 Å². The molecule has 0 aromatic heterocycles. The first-order valence-electron chi connectivity index (χ1n) is 5.99. The number of hydrogen-bond donors (Lipinski definition) is 0. The van der Waals surface area contributed by atoms with Crippen LogP contribution in [0.5, 0.6) is 5.75 Å². The van der Waals surface area contributed by atoms with Crippen LogP contribution in [0.4, 0.5) is 0 Å². The molecule has 0 saturated carbocycles. The number of ether oxygens (including phenoxy) is 1. The van der Waals surface area contributed by atoms with E-state index < -0.39 is 10.0 Å². The SMILES string of the molecule is COc1ccc(S(=O)(=O)N2CC3CC2CS3)cc1Cl. The summed E-state index contributed by atoms with van der Waals surface area (Å²) in [6, 6.07) is 4.76. The lowest BCUT2D eigenvalue weighted by Crippen LogP contribution is -2.39. The highest BCUT2D eigenvalue weighted by Gasteiger charge is 2.44. The average molecular weight is 320 g/mol. The predicted molar refractivity (Wildman–Crippen MR) is 76.5 cm³/mol. The molecular formula is C12H14ClNO3S2. The van der Waals surface area contributed by atoms with Crippen LogP contribution in [0.25, 0.3) is 0 Å². The molecule has 2 aliphatic rings. The first-order chi connectivity index (χ1) is 9.02. The molecule has 0 radical (unpaired) electrons. The van der Waals surface area contributed by atoms with Crippen molar-refractivity contribution in [2.24, 2.45) is 0 Å². The summed E-state index contributed by atoms with van der Waals surface area (Å²) < 4.78 is 31.8. The Hall–Kier alpha value is -0.430. The molecule has 7 heteroatoms. The summed E-state index contributed by atoms with van der Waals surface area (Å²) in [5.41, 5.74) is 0. The fraction of sp³-hybridized carbons (Fsp3) is 0.500. The monoisotopic (exact) mass is 319 g/mol. The van der Waals surface area contributed by atoms with Gasteiger partial charge in [0, 0.05) is 23.6 Å². The molecule has 0 aliphatic carbocycles. The van der Waals surface area contributed by atoms with Crippen LogP contribution in [0.15, 0.2) is 23.1 Å². The Kier molecular flexibility index (Phi) is 3.45. The third-order valence-electron chi connectivity index (χ3n) is 3.58. The zero-order valence-electron chi connectivity index (χ0n) is 10.4. The number of fused-ring (bicyclic) bond motifs is 2. The van der Waals surface area contributed by atoms with Gasteiger partial charge in [-0.2, -0.15) is 16.1 Å². The van der Waals surface area contributed by atoms with Crippen molar-refractivity contribution in [3.05, 3.63) is 23.2 Å². The topological polar surface area (TPSA) is 46.6 Å². The van der Waals surface area contributed by atoms with Crippen LogP contribution in [0.1, 0.15) is 6.42 Å². The van der Waals surface area contributed by atoms with Crippen LogP contribution in [-0.4, -0.2) is 43.4 Å². The van der Waals surface area contributed by atoms with Gasteiger partial charge in [0.05, 0.1) is 17.0 Å². The van der Waals surface area contributed by atoms with Crippen molar-refractivity contribution in [2.75, 3.05) is 19.4 Å². The van der Waals surface area contributed by atoms with E-state index in [0.29, 0.717) is 22.6 Å². The summed E-state index contributed by atoms with van der Waals surface area (Å²) in [4.78, 5) is 0.246. The number of methoxy groups -OCH3 is 1. The van der Waals surface area contributed by atoms with Crippen LogP contribution in [0.2, 0.25) is 5.02 Å². The Labute approximate surface area is 122 Å². The second-order valence-electron chi connectivity index (χ2n) is 4.72. The van der Waals surface area contributed by atoms with E-state index in [-0.39, 0.29) is 10.9 Å². The lowest BCUT2D eigenvalue weighted by molar-refractivity contribution is 0.408. The molecule has 1 aromatic carbocycles. The molecule has 0 amide bonds.